The van der Waals surface area contributed by atoms with E-state index in [1.54, 1.807) is 56.9 Å². The van der Waals surface area contributed by atoms with E-state index < -0.39 is 0 Å². The van der Waals surface area contributed by atoms with E-state index in [1.807, 2.05) is 24.3 Å². The monoisotopic (exact) mass is 1060 g/mol. The number of ether oxygens (including phenoxy) is 8. The lowest BCUT2D eigenvalue weighted by molar-refractivity contribution is 0.398. The third-order valence-electron chi connectivity index (χ3n) is 16.1. The molecule has 12 aromatic rings. The van der Waals surface area contributed by atoms with Crippen molar-refractivity contribution in [2.75, 3.05) is 56.9 Å². The summed E-state index contributed by atoms with van der Waals surface area (Å²) in [6.07, 6.45) is 0. The Morgan fingerprint density at radius 3 is 0.562 bits per heavy atom. The van der Waals surface area contributed by atoms with Gasteiger partial charge in [-0.15, -0.1) is 0 Å². The number of aromatic nitrogens is 4. The standard InChI is InChI=1S/C68H60N4O8/c1-33-13-21-37(22-14-33)49-53-41(73-5)29-46(78-10)58-62-51(39-25-17-35(3)18-26-39)55-43(75-7)31-48(80-12)60(67(55)71-62)64-52(40-27-19-36(4)20-28-40)56-44(76-8)32-47(79-11)59(68(56)72-64)63-50(38-23-15-34(2)16-24-38)54-42(74-6)30-45(77-9)57(66(54)70-63)61(49)69-65(53)58/h13-32,69-72H,1-12H3. The molecule has 0 saturated heterocycles. The lowest BCUT2D eigenvalue weighted by Gasteiger charge is -2.16. The van der Waals surface area contributed by atoms with Crippen LogP contribution in [0.5, 0.6) is 46.0 Å². The lowest BCUT2D eigenvalue weighted by atomic mass is 9.90. The summed E-state index contributed by atoms with van der Waals surface area (Å²) < 4.78 is 52.3. The molecular weight excluding hydrogens is 1000 g/mol. The van der Waals surface area contributed by atoms with Crippen LogP contribution in [0.2, 0.25) is 0 Å². The van der Waals surface area contributed by atoms with Gasteiger partial charge in [-0.3, -0.25) is 0 Å². The number of hydrogen-bond donors (Lipinski definition) is 4. The number of benzene rings is 8. The maximum Gasteiger partial charge on any atom is 0.134 e. The lowest BCUT2D eigenvalue weighted by Crippen LogP contribution is -1.95. The van der Waals surface area contributed by atoms with E-state index in [9.17, 15) is 0 Å². The molecule has 0 radical (unpaired) electrons. The van der Waals surface area contributed by atoms with Gasteiger partial charge in [0.15, 0.2) is 0 Å². The largest absolute Gasteiger partial charge is 0.496 e. The highest BCUT2D eigenvalue weighted by Gasteiger charge is 2.36. The Bertz CT molecular complexity index is 3890. The minimum atomic E-state index is 0.564. The average Bonchev–Trinajstić information content (AvgIpc) is 4.47. The van der Waals surface area contributed by atoms with Crippen molar-refractivity contribution in [1.82, 2.24) is 19.9 Å². The number of methoxy groups -OCH3 is 8. The van der Waals surface area contributed by atoms with Crippen LogP contribution in [0.1, 0.15) is 22.3 Å². The number of aromatic amines is 4. The van der Waals surface area contributed by atoms with Crippen LogP contribution in [0.3, 0.4) is 0 Å². The second-order valence-electron chi connectivity index (χ2n) is 20.6. The first-order valence-electron chi connectivity index (χ1n) is 26.5. The summed E-state index contributed by atoms with van der Waals surface area (Å²) in [6.45, 7) is 8.39. The fraction of sp³-hybridized carbons (Fsp3) is 0.176. The third-order valence-corrected chi connectivity index (χ3v) is 16.1. The summed E-state index contributed by atoms with van der Waals surface area (Å²) in [7, 11) is 13.6. The maximum atomic E-state index is 6.58. The molecule has 8 aromatic carbocycles. The van der Waals surface area contributed by atoms with Gasteiger partial charge in [-0.05, 0) is 49.9 Å². The normalized spacial score (nSPS) is 11.8. The van der Waals surface area contributed by atoms with Gasteiger partial charge in [0.2, 0.25) is 0 Å². The Balaban J connectivity index is 1.38. The second kappa shape index (κ2) is 19.1. The fourth-order valence-corrected chi connectivity index (χ4v) is 12.3. The van der Waals surface area contributed by atoms with E-state index in [4.69, 9.17) is 37.9 Å². The van der Waals surface area contributed by atoms with Crippen LogP contribution in [-0.4, -0.2) is 76.8 Å². The number of rotatable bonds is 12. The van der Waals surface area contributed by atoms with Gasteiger partial charge in [-0.1, -0.05) is 119 Å². The summed E-state index contributed by atoms with van der Waals surface area (Å²) in [5.41, 5.74) is 20.9. The zero-order valence-corrected chi connectivity index (χ0v) is 46.8. The molecule has 16 bridgehead atoms. The minimum absolute atomic E-state index is 0.564. The molecule has 0 fully saturated rings. The zero-order chi connectivity index (χ0) is 55.4. The Labute approximate surface area is 463 Å². The van der Waals surface area contributed by atoms with Crippen LogP contribution in [0.4, 0.5) is 0 Å². The van der Waals surface area contributed by atoms with Crippen LogP contribution >= 0.6 is 0 Å². The Morgan fingerprint density at radius 1 is 0.225 bits per heavy atom. The van der Waals surface area contributed by atoms with Gasteiger partial charge in [0, 0.05) is 46.5 Å². The summed E-state index contributed by atoms with van der Waals surface area (Å²) >= 11 is 0. The van der Waals surface area contributed by atoms with Gasteiger partial charge in [0.25, 0.3) is 0 Å². The van der Waals surface area contributed by atoms with Crippen molar-refractivity contribution < 1.29 is 37.9 Å². The molecule has 13 rings (SSSR count). The average molecular weight is 1060 g/mol. The molecule has 1 aliphatic rings. The molecule has 0 unspecified atom stereocenters. The quantitative estimate of drug-likeness (QED) is 0.0949. The number of hydrogen-bond acceptors (Lipinski definition) is 8. The molecule has 0 saturated carbocycles. The molecule has 0 spiro atoms. The van der Waals surface area contributed by atoms with Crippen molar-refractivity contribution in [3.05, 3.63) is 144 Å². The van der Waals surface area contributed by atoms with E-state index >= 15 is 0 Å². The van der Waals surface area contributed by atoms with Crippen molar-refractivity contribution in [3.63, 3.8) is 0 Å². The SMILES string of the molecule is COc1cc(OC)c2c(-c3ccc(C)cc3)c3[nH]c2c1-c1[nH]c2c(c(OC)cc(OC)c2c1-c1ccc(C)cc1)-c1[nH]c2c(c(OC)cc(OC)c2c1-c1ccc(C)cc1)-c1[nH]c2c-3c(OC)cc(OC)c2c1-c1ccc(C)cc1. The van der Waals surface area contributed by atoms with Crippen molar-refractivity contribution in [3.8, 4) is 136 Å². The van der Waals surface area contributed by atoms with E-state index in [0.29, 0.717) is 46.0 Å². The second-order valence-corrected chi connectivity index (χ2v) is 20.6. The Morgan fingerprint density at radius 2 is 0.400 bits per heavy atom. The Kier molecular flexibility index (Phi) is 11.9. The van der Waals surface area contributed by atoms with E-state index in [2.05, 4.69) is 145 Å². The van der Waals surface area contributed by atoms with Gasteiger partial charge in [-0.2, -0.15) is 0 Å². The van der Waals surface area contributed by atoms with E-state index in [0.717, 1.165) is 155 Å². The molecule has 1 aliphatic carbocycles. The first-order valence-corrected chi connectivity index (χ1v) is 26.5. The molecule has 80 heavy (non-hydrogen) atoms. The summed E-state index contributed by atoms with van der Waals surface area (Å²) in [6, 6.07) is 42.3. The van der Waals surface area contributed by atoms with Crippen molar-refractivity contribution in [2.45, 2.75) is 27.7 Å². The van der Waals surface area contributed by atoms with Crippen molar-refractivity contribution in [1.29, 1.82) is 0 Å². The smallest absolute Gasteiger partial charge is 0.134 e. The topological polar surface area (TPSA) is 137 Å². The summed E-state index contributed by atoms with van der Waals surface area (Å²) in [5, 5.41) is 3.32. The minimum Gasteiger partial charge on any atom is -0.496 e. The Hall–Kier alpha value is -9.68. The van der Waals surface area contributed by atoms with Crippen LogP contribution in [0.15, 0.2) is 121 Å². The highest BCUT2D eigenvalue weighted by atomic mass is 16.5. The van der Waals surface area contributed by atoms with Crippen LogP contribution in [0, 0.1) is 27.7 Å². The van der Waals surface area contributed by atoms with Gasteiger partial charge < -0.3 is 57.8 Å². The van der Waals surface area contributed by atoms with E-state index in [1.165, 1.54) is 0 Å². The molecule has 4 N–H and O–H groups in total. The number of H-pyrrole nitrogens is 4. The number of nitrogens with one attached hydrogen (secondary N) is 4. The molecule has 400 valence electrons. The molecular formula is C68H60N4O8. The van der Waals surface area contributed by atoms with Crippen LogP contribution in [0.25, 0.3) is 133 Å². The predicted octanol–water partition coefficient (Wildman–Crippen LogP) is 16.6. The first kappa shape index (κ1) is 49.9. The number of fused-ring (bicyclic) bond motifs is 8. The molecule has 0 amide bonds. The molecule has 0 aliphatic heterocycles. The fourth-order valence-electron chi connectivity index (χ4n) is 12.3. The highest BCUT2D eigenvalue weighted by molar-refractivity contribution is 6.24. The summed E-state index contributed by atoms with van der Waals surface area (Å²) in [5.74, 6) is 4.67. The number of aryl methyl sites for hydroxylation is 4. The maximum absolute atomic E-state index is 6.58. The van der Waals surface area contributed by atoms with Crippen molar-refractivity contribution >= 4 is 43.6 Å². The van der Waals surface area contributed by atoms with Crippen LogP contribution < -0.4 is 37.9 Å². The van der Waals surface area contributed by atoms with Gasteiger partial charge >= 0.3 is 0 Å². The molecule has 12 heteroatoms. The van der Waals surface area contributed by atoms with Gasteiger partial charge in [0.05, 0.1) is 146 Å². The third kappa shape index (κ3) is 7.27. The van der Waals surface area contributed by atoms with E-state index in [-0.39, 0.29) is 0 Å². The zero-order valence-electron chi connectivity index (χ0n) is 46.8. The van der Waals surface area contributed by atoms with Gasteiger partial charge in [-0.25, -0.2) is 0 Å². The van der Waals surface area contributed by atoms with Crippen molar-refractivity contribution in [2.24, 2.45) is 0 Å². The summed E-state index contributed by atoms with van der Waals surface area (Å²) in [4.78, 5) is 16.4. The highest BCUT2D eigenvalue weighted by Crippen LogP contribution is 2.60. The first-order chi connectivity index (χ1) is 39.0. The molecule has 4 heterocycles. The molecule has 4 aromatic heterocycles. The van der Waals surface area contributed by atoms with Gasteiger partial charge in [0.1, 0.15) is 46.0 Å². The molecule has 0 atom stereocenters. The molecule has 12 nitrogen and oxygen atoms in total. The van der Waals surface area contributed by atoms with Crippen LogP contribution in [-0.2, 0) is 0 Å². The predicted molar refractivity (Wildman–Crippen MR) is 322 cm³/mol.